The Balaban J connectivity index is 3.04. The van der Waals surface area contributed by atoms with Gasteiger partial charge in [0.1, 0.15) is 0 Å². The fourth-order valence-electron chi connectivity index (χ4n) is 1.28. The SMILES string of the molecule is CC(C)(C)C(=O)c1ccc(OC(F)(F)F)c(F)c1. The van der Waals surface area contributed by atoms with Gasteiger partial charge in [0.25, 0.3) is 0 Å². The summed E-state index contributed by atoms with van der Waals surface area (Å²) in [5.41, 5.74) is -0.728. The number of carbonyl (C=O) groups excluding carboxylic acids is 1. The number of rotatable bonds is 2. The average molecular weight is 264 g/mol. The molecule has 0 unspecified atom stereocenters. The fourth-order valence-corrected chi connectivity index (χ4v) is 1.28. The third kappa shape index (κ3) is 3.72. The molecular formula is C12H12F4O2. The van der Waals surface area contributed by atoms with Crippen LogP contribution in [0.1, 0.15) is 31.1 Å². The van der Waals surface area contributed by atoms with E-state index in [1.54, 1.807) is 20.8 Å². The standard InChI is InChI=1S/C12H12F4O2/c1-11(2,3)10(17)7-4-5-9(8(13)6-7)18-12(14,15)16/h4-6H,1-3H3. The van der Waals surface area contributed by atoms with Crippen LogP contribution in [-0.2, 0) is 0 Å². The highest BCUT2D eigenvalue weighted by molar-refractivity contribution is 5.99. The molecule has 0 saturated heterocycles. The Morgan fingerprint density at radius 3 is 2.11 bits per heavy atom. The molecule has 0 aliphatic carbocycles. The molecule has 1 rings (SSSR count). The van der Waals surface area contributed by atoms with Crippen molar-refractivity contribution in [2.24, 2.45) is 5.41 Å². The molecule has 0 amide bonds. The van der Waals surface area contributed by atoms with Crippen LogP contribution in [0.4, 0.5) is 17.6 Å². The summed E-state index contributed by atoms with van der Waals surface area (Å²) in [5.74, 6) is -2.53. The van der Waals surface area contributed by atoms with Gasteiger partial charge in [-0.05, 0) is 18.2 Å². The first kappa shape index (κ1) is 14.5. The van der Waals surface area contributed by atoms with E-state index in [1.807, 2.05) is 0 Å². The van der Waals surface area contributed by atoms with E-state index >= 15 is 0 Å². The van der Waals surface area contributed by atoms with Gasteiger partial charge in [0.2, 0.25) is 0 Å². The first-order chi connectivity index (χ1) is 8.00. The summed E-state index contributed by atoms with van der Waals surface area (Å²) < 4.78 is 52.6. The largest absolute Gasteiger partial charge is 0.573 e. The zero-order valence-electron chi connectivity index (χ0n) is 10.1. The van der Waals surface area contributed by atoms with Gasteiger partial charge in [0, 0.05) is 11.0 Å². The Kier molecular flexibility index (Phi) is 3.69. The fraction of sp³-hybridized carbons (Fsp3) is 0.417. The molecule has 0 N–H and O–H groups in total. The molecule has 0 bridgehead atoms. The number of hydrogen-bond acceptors (Lipinski definition) is 2. The summed E-state index contributed by atoms with van der Waals surface area (Å²) in [4.78, 5) is 11.8. The number of Topliss-reactive ketones (excluding diaryl/α,β-unsaturated/α-hetero) is 1. The van der Waals surface area contributed by atoms with Crippen molar-refractivity contribution in [1.82, 2.24) is 0 Å². The third-order valence-electron chi connectivity index (χ3n) is 2.10. The van der Waals surface area contributed by atoms with Crippen LogP contribution in [0, 0.1) is 11.2 Å². The summed E-state index contributed by atoms with van der Waals surface area (Å²) in [6.07, 6.45) is -4.96. The molecule has 0 heterocycles. The Hall–Kier alpha value is -1.59. The minimum absolute atomic E-state index is 0.00882. The first-order valence-electron chi connectivity index (χ1n) is 5.11. The molecule has 0 spiro atoms. The monoisotopic (exact) mass is 264 g/mol. The molecule has 6 heteroatoms. The van der Waals surface area contributed by atoms with Gasteiger partial charge in [-0.25, -0.2) is 4.39 Å². The minimum Gasteiger partial charge on any atom is -0.403 e. The van der Waals surface area contributed by atoms with Gasteiger partial charge in [-0.1, -0.05) is 20.8 Å². The lowest BCUT2D eigenvalue weighted by Crippen LogP contribution is -2.21. The number of halogens is 4. The lowest BCUT2D eigenvalue weighted by molar-refractivity contribution is -0.275. The molecule has 0 aromatic heterocycles. The highest BCUT2D eigenvalue weighted by Crippen LogP contribution is 2.28. The first-order valence-corrected chi connectivity index (χ1v) is 5.11. The predicted molar refractivity (Wildman–Crippen MR) is 56.9 cm³/mol. The van der Waals surface area contributed by atoms with Gasteiger partial charge in [-0.2, -0.15) is 0 Å². The van der Waals surface area contributed by atoms with Crippen LogP contribution >= 0.6 is 0 Å². The van der Waals surface area contributed by atoms with Crippen molar-refractivity contribution in [1.29, 1.82) is 0 Å². The number of ketones is 1. The maximum Gasteiger partial charge on any atom is 0.573 e. The van der Waals surface area contributed by atoms with Gasteiger partial charge in [-0.15, -0.1) is 13.2 Å². The van der Waals surface area contributed by atoms with Crippen molar-refractivity contribution in [3.8, 4) is 5.75 Å². The lowest BCUT2D eigenvalue weighted by Gasteiger charge is -2.17. The second-order valence-corrected chi connectivity index (χ2v) is 4.77. The maximum atomic E-state index is 13.4. The summed E-state index contributed by atoms with van der Waals surface area (Å²) in [7, 11) is 0. The zero-order chi connectivity index (χ0) is 14.1. The van der Waals surface area contributed by atoms with E-state index in [2.05, 4.69) is 4.74 Å². The van der Waals surface area contributed by atoms with Gasteiger partial charge >= 0.3 is 6.36 Å². The van der Waals surface area contributed by atoms with E-state index in [9.17, 15) is 22.4 Å². The summed E-state index contributed by atoms with van der Waals surface area (Å²) in [6, 6.07) is 2.65. The Morgan fingerprint density at radius 2 is 1.72 bits per heavy atom. The van der Waals surface area contributed by atoms with Gasteiger partial charge < -0.3 is 4.74 Å². The van der Waals surface area contributed by atoms with E-state index < -0.39 is 23.3 Å². The van der Waals surface area contributed by atoms with Crippen LogP contribution in [0.15, 0.2) is 18.2 Å². The van der Waals surface area contributed by atoms with Crippen molar-refractivity contribution in [3.63, 3.8) is 0 Å². The van der Waals surface area contributed by atoms with Gasteiger partial charge in [0.05, 0.1) is 0 Å². The number of ether oxygens (including phenoxy) is 1. The normalized spacial score (nSPS) is 12.4. The number of alkyl halides is 3. The van der Waals surface area contributed by atoms with Crippen molar-refractivity contribution in [2.75, 3.05) is 0 Å². The number of benzene rings is 1. The van der Waals surface area contributed by atoms with Crippen molar-refractivity contribution in [3.05, 3.63) is 29.6 Å². The topological polar surface area (TPSA) is 26.3 Å². The van der Waals surface area contributed by atoms with E-state index in [-0.39, 0.29) is 11.3 Å². The van der Waals surface area contributed by atoms with Crippen LogP contribution < -0.4 is 4.74 Å². The third-order valence-corrected chi connectivity index (χ3v) is 2.10. The molecular weight excluding hydrogens is 252 g/mol. The average Bonchev–Trinajstić information content (AvgIpc) is 2.16. The maximum absolute atomic E-state index is 13.4. The Morgan fingerprint density at radius 1 is 1.17 bits per heavy atom. The molecule has 2 nitrogen and oxygen atoms in total. The Labute approximate surface area is 102 Å². The Bertz CT molecular complexity index is 458. The quantitative estimate of drug-likeness (QED) is 0.597. The molecule has 100 valence electrons. The molecule has 0 radical (unpaired) electrons. The molecule has 18 heavy (non-hydrogen) atoms. The lowest BCUT2D eigenvalue weighted by atomic mass is 9.86. The summed E-state index contributed by atoms with van der Waals surface area (Å²) in [5, 5.41) is 0. The highest BCUT2D eigenvalue weighted by Gasteiger charge is 2.33. The molecule has 0 fully saturated rings. The molecule has 0 atom stereocenters. The molecule has 0 aliphatic rings. The summed E-state index contributed by atoms with van der Waals surface area (Å²) >= 11 is 0. The second-order valence-electron chi connectivity index (χ2n) is 4.77. The summed E-state index contributed by atoms with van der Waals surface area (Å²) in [6.45, 7) is 4.90. The van der Waals surface area contributed by atoms with Crippen LogP contribution in [-0.4, -0.2) is 12.1 Å². The van der Waals surface area contributed by atoms with Crippen molar-refractivity contribution in [2.45, 2.75) is 27.1 Å². The molecule has 0 aliphatic heterocycles. The minimum atomic E-state index is -4.96. The zero-order valence-corrected chi connectivity index (χ0v) is 10.1. The number of hydrogen-bond donors (Lipinski definition) is 0. The van der Waals surface area contributed by atoms with E-state index in [0.29, 0.717) is 0 Å². The molecule has 1 aromatic rings. The van der Waals surface area contributed by atoms with E-state index in [4.69, 9.17) is 0 Å². The smallest absolute Gasteiger partial charge is 0.403 e. The van der Waals surface area contributed by atoms with Crippen LogP contribution in [0.3, 0.4) is 0 Å². The molecule has 0 saturated carbocycles. The van der Waals surface area contributed by atoms with Crippen LogP contribution in [0.5, 0.6) is 5.75 Å². The van der Waals surface area contributed by atoms with E-state index in [0.717, 1.165) is 18.2 Å². The van der Waals surface area contributed by atoms with Crippen molar-refractivity contribution >= 4 is 5.78 Å². The van der Waals surface area contributed by atoms with E-state index in [1.165, 1.54) is 0 Å². The number of carbonyl (C=O) groups is 1. The highest BCUT2D eigenvalue weighted by atomic mass is 19.4. The molecule has 1 aromatic carbocycles. The predicted octanol–water partition coefficient (Wildman–Crippen LogP) is 3.95. The second kappa shape index (κ2) is 4.59. The van der Waals surface area contributed by atoms with Crippen molar-refractivity contribution < 1.29 is 27.1 Å². The van der Waals surface area contributed by atoms with Crippen LogP contribution in [0.25, 0.3) is 0 Å². The van der Waals surface area contributed by atoms with Gasteiger partial charge in [-0.3, -0.25) is 4.79 Å². The van der Waals surface area contributed by atoms with Crippen LogP contribution in [0.2, 0.25) is 0 Å². The van der Waals surface area contributed by atoms with Gasteiger partial charge in [0.15, 0.2) is 17.3 Å².